The lowest BCUT2D eigenvalue weighted by Crippen LogP contribution is -1.83. The van der Waals surface area contributed by atoms with Gasteiger partial charge in [0.2, 0.25) is 0 Å². The average molecular weight is 175 g/mol. The number of hydrogen-bond acceptors (Lipinski definition) is 2. The summed E-state index contributed by atoms with van der Waals surface area (Å²) < 4.78 is 1.74. The molecule has 1 aromatic rings. The van der Waals surface area contributed by atoms with E-state index in [1.165, 1.54) is 0 Å². The molecule has 3 nitrogen and oxygen atoms in total. The van der Waals surface area contributed by atoms with Crippen LogP contribution >= 0.6 is 0 Å². The smallest absolute Gasteiger partial charge is 0.0493 e. The van der Waals surface area contributed by atoms with Crippen molar-refractivity contribution in [1.29, 1.82) is 0 Å². The largest absolute Gasteiger partial charge is 0.296 e. The predicted octanol–water partition coefficient (Wildman–Crippen LogP) is 2.00. The second-order valence-corrected chi connectivity index (χ2v) is 2.63. The lowest BCUT2D eigenvalue weighted by molar-refractivity contribution is 0.935. The van der Waals surface area contributed by atoms with Gasteiger partial charge in [0.25, 0.3) is 0 Å². The average Bonchev–Trinajstić information content (AvgIpc) is 2.57. The first-order chi connectivity index (χ1) is 6.33. The molecule has 0 aliphatic carbocycles. The van der Waals surface area contributed by atoms with Crippen LogP contribution < -0.4 is 0 Å². The molecule has 1 heterocycles. The summed E-state index contributed by atoms with van der Waals surface area (Å²) >= 11 is 0. The van der Waals surface area contributed by atoms with Crippen molar-refractivity contribution in [3.8, 4) is 0 Å². The van der Waals surface area contributed by atoms with Crippen LogP contribution in [-0.2, 0) is 0 Å². The molecule has 0 saturated heterocycles. The maximum Gasteiger partial charge on any atom is 0.0493 e. The van der Waals surface area contributed by atoms with Crippen molar-refractivity contribution in [2.45, 2.75) is 6.92 Å². The number of nitrogens with zero attached hydrogens (tertiary/aromatic N) is 3. The van der Waals surface area contributed by atoms with Gasteiger partial charge < -0.3 is 0 Å². The SMILES string of the molecule is CN=C/C(C)=C\C=C\n1cccn1. The highest BCUT2D eigenvalue weighted by Crippen LogP contribution is 1.91. The van der Waals surface area contributed by atoms with Crippen molar-refractivity contribution in [3.05, 3.63) is 36.2 Å². The molecule has 0 unspecified atom stereocenters. The molecule has 13 heavy (non-hydrogen) atoms. The second kappa shape index (κ2) is 5.09. The Kier molecular flexibility index (Phi) is 3.70. The van der Waals surface area contributed by atoms with Crippen LogP contribution in [0.1, 0.15) is 6.92 Å². The molecule has 1 aromatic heterocycles. The van der Waals surface area contributed by atoms with Crippen molar-refractivity contribution >= 4 is 12.4 Å². The highest BCUT2D eigenvalue weighted by atomic mass is 15.2. The Bertz CT molecular complexity index is 318. The Hall–Kier alpha value is -1.64. The first-order valence-corrected chi connectivity index (χ1v) is 4.09. The molecule has 0 radical (unpaired) electrons. The summed E-state index contributed by atoms with van der Waals surface area (Å²) in [6.07, 6.45) is 11.2. The monoisotopic (exact) mass is 175 g/mol. The standard InChI is InChI=1S/C10H13N3/c1-10(9-11-2)5-3-7-13-8-4-6-12-13/h3-9H,1-2H3/b7-3+,10-5-,11-9?. The zero-order valence-corrected chi connectivity index (χ0v) is 7.88. The fraction of sp³-hybridized carbons (Fsp3) is 0.200. The Morgan fingerprint density at radius 1 is 1.54 bits per heavy atom. The summed E-state index contributed by atoms with van der Waals surface area (Å²) in [6, 6.07) is 1.88. The van der Waals surface area contributed by atoms with E-state index in [0.29, 0.717) is 0 Å². The Balaban J connectivity index is 2.55. The van der Waals surface area contributed by atoms with Gasteiger partial charge in [-0.25, -0.2) is 4.68 Å². The van der Waals surface area contributed by atoms with Crippen LogP contribution in [0, 0.1) is 0 Å². The lowest BCUT2D eigenvalue weighted by Gasteiger charge is -1.88. The summed E-state index contributed by atoms with van der Waals surface area (Å²) in [4.78, 5) is 3.90. The third-order valence-electron chi connectivity index (χ3n) is 1.46. The van der Waals surface area contributed by atoms with Gasteiger partial charge in [-0.05, 0) is 24.6 Å². The molecule has 0 saturated carbocycles. The van der Waals surface area contributed by atoms with Gasteiger partial charge in [-0.3, -0.25) is 4.99 Å². The molecule has 0 aliphatic rings. The van der Waals surface area contributed by atoms with E-state index in [9.17, 15) is 0 Å². The number of hydrogen-bond donors (Lipinski definition) is 0. The number of allylic oxidation sites excluding steroid dienone is 3. The minimum atomic E-state index is 1.12. The van der Waals surface area contributed by atoms with Crippen molar-refractivity contribution in [2.24, 2.45) is 4.99 Å². The Morgan fingerprint density at radius 3 is 3.00 bits per heavy atom. The van der Waals surface area contributed by atoms with E-state index in [0.717, 1.165) is 5.57 Å². The first-order valence-electron chi connectivity index (χ1n) is 4.09. The van der Waals surface area contributed by atoms with Crippen molar-refractivity contribution in [1.82, 2.24) is 9.78 Å². The maximum absolute atomic E-state index is 4.03. The summed E-state index contributed by atoms with van der Waals surface area (Å²) in [5, 5.41) is 4.03. The zero-order valence-electron chi connectivity index (χ0n) is 7.88. The number of aromatic nitrogens is 2. The van der Waals surface area contributed by atoms with Crippen molar-refractivity contribution in [3.63, 3.8) is 0 Å². The fourth-order valence-corrected chi connectivity index (χ4v) is 0.898. The van der Waals surface area contributed by atoms with Gasteiger partial charge in [-0.2, -0.15) is 5.10 Å². The molecule has 0 amide bonds. The highest BCUT2D eigenvalue weighted by Gasteiger charge is 1.79. The number of rotatable bonds is 3. The molecule has 0 bridgehead atoms. The van der Waals surface area contributed by atoms with Crippen LogP contribution in [0.4, 0.5) is 0 Å². The summed E-state index contributed by atoms with van der Waals surface area (Å²) in [6.45, 7) is 2.00. The summed E-state index contributed by atoms with van der Waals surface area (Å²) in [7, 11) is 1.76. The third kappa shape index (κ3) is 3.51. The van der Waals surface area contributed by atoms with E-state index in [2.05, 4.69) is 10.1 Å². The van der Waals surface area contributed by atoms with Crippen LogP contribution in [0.3, 0.4) is 0 Å². The minimum Gasteiger partial charge on any atom is -0.296 e. The molecular formula is C10H13N3. The van der Waals surface area contributed by atoms with E-state index in [1.54, 1.807) is 17.9 Å². The first kappa shape index (κ1) is 9.45. The molecule has 0 atom stereocenters. The van der Waals surface area contributed by atoms with Gasteiger partial charge in [0, 0.05) is 31.9 Å². The van der Waals surface area contributed by atoms with Gasteiger partial charge in [-0.15, -0.1) is 0 Å². The topological polar surface area (TPSA) is 30.2 Å². The molecule has 0 aromatic carbocycles. The molecule has 0 spiro atoms. The number of aliphatic imine (C=N–C) groups is 1. The van der Waals surface area contributed by atoms with Gasteiger partial charge in [0.05, 0.1) is 0 Å². The van der Waals surface area contributed by atoms with Crippen LogP contribution in [0.25, 0.3) is 6.20 Å². The van der Waals surface area contributed by atoms with Gasteiger partial charge in [0.15, 0.2) is 0 Å². The minimum absolute atomic E-state index is 1.12. The predicted molar refractivity (Wildman–Crippen MR) is 55.7 cm³/mol. The van der Waals surface area contributed by atoms with Crippen LogP contribution in [0.2, 0.25) is 0 Å². The lowest BCUT2D eigenvalue weighted by atomic mass is 10.3. The van der Waals surface area contributed by atoms with Gasteiger partial charge in [-0.1, -0.05) is 6.08 Å². The van der Waals surface area contributed by atoms with Crippen LogP contribution in [0.15, 0.2) is 41.2 Å². The molecule has 0 N–H and O–H groups in total. The fourth-order valence-electron chi connectivity index (χ4n) is 0.898. The summed E-state index contributed by atoms with van der Waals surface area (Å²) in [5.74, 6) is 0. The normalized spacial score (nSPS) is 13.2. The molecule has 68 valence electrons. The molecule has 0 fully saturated rings. The van der Waals surface area contributed by atoms with Crippen LogP contribution in [0.5, 0.6) is 0 Å². The second-order valence-electron chi connectivity index (χ2n) is 2.63. The third-order valence-corrected chi connectivity index (χ3v) is 1.46. The van der Waals surface area contributed by atoms with E-state index in [-0.39, 0.29) is 0 Å². The highest BCUT2D eigenvalue weighted by molar-refractivity contribution is 5.78. The quantitative estimate of drug-likeness (QED) is 0.510. The zero-order chi connectivity index (χ0) is 9.52. The van der Waals surface area contributed by atoms with Crippen LogP contribution in [-0.4, -0.2) is 23.0 Å². The van der Waals surface area contributed by atoms with E-state index in [1.807, 2.05) is 43.8 Å². The van der Waals surface area contributed by atoms with Gasteiger partial charge in [0.1, 0.15) is 0 Å². The Labute approximate surface area is 78.1 Å². The molecule has 3 heteroatoms. The van der Waals surface area contributed by atoms with Crippen molar-refractivity contribution in [2.75, 3.05) is 7.05 Å². The summed E-state index contributed by atoms with van der Waals surface area (Å²) in [5.41, 5.74) is 1.12. The van der Waals surface area contributed by atoms with Gasteiger partial charge >= 0.3 is 0 Å². The van der Waals surface area contributed by atoms with Crippen molar-refractivity contribution < 1.29 is 0 Å². The molecular weight excluding hydrogens is 162 g/mol. The molecule has 1 rings (SSSR count). The molecule has 0 aliphatic heterocycles. The maximum atomic E-state index is 4.03. The van der Waals surface area contributed by atoms with E-state index < -0.39 is 0 Å². The Morgan fingerprint density at radius 2 is 2.38 bits per heavy atom. The van der Waals surface area contributed by atoms with E-state index in [4.69, 9.17) is 0 Å². The van der Waals surface area contributed by atoms with E-state index >= 15 is 0 Å².